The third-order valence-electron chi connectivity index (χ3n) is 5.80. The number of hydrogen-bond acceptors (Lipinski definition) is 5. The molecule has 1 aliphatic rings. The zero-order chi connectivity index (χ0) is 22.8. The molecule has 5 rings (SSSR count). The molecule has 0 bridgehead atoms. The third kappa shape index (κ3) is 5.03. The van der Waals surface area contributed by atoms with Crippen LogP contribution in [0, 0.1) is 6.92 Å². The predicted octanol–water partition coefficient (Wildman–Crippen LogP) is 5.71. The molecule has 2 aromatic carbocycles. The van der Waals surface area contributed by atoms with Crippen molar-refractivity contribution < 1.29 is 0 Å². The highest BCUT2D eigenvalue weighted by Crippen LogP contribution is 2.30. The zero-order valence-electron chi connectivity index (χ0n) is 18.3. The predicted molar refractivity (Wildman–Crippen MR) is 132 cm³/mol. The molecule has 3 heterocycles. The first-order chi connectivity index (χ1) is 16.0. The molecule has 1 aliphatic heterocycles. The molecule has 2 N–H and O–H groups in total. The summed E-state index contributed by atoms with van der Waals surface area (Å²) in [5.41, 5.74) is 5.22. The molecule has 0 saturated heterocycles. The molecule has 0 fully saturated rings. The van der Waals surface area contributed by atoms with Gasteiger partial charge >= 0.3 is 0 Å². The molecular formula is C25H24Cl2N6. The summed E-state index contributed by atoms with van der Waals surface area (Å²) in [6, 6.07) is 18.0. The smallest absolute Gasteiger partial charge is 0.138 e. The Hall–Kier alpha value is -2.93. The van der Waals surface area contributed by atoms with Crippen molar-refractivity contribution in [2.24, 2.45) is 0 Å². The van der Waals surface area contributed by atoms with E-state index in [2.05, 4.69) is 44.7 Å². The zero-order valence-corrected chi connectivity index (χ0v) is 19.8. The van der Waals surface area contributed by atoms with Gasteiger partial charge in [0.1, 0.15) is 17.5 Å². The lowest BCUT2D eigenvalue weighted by molar-refractivity contribution is 0.241. The van der Waals surface area contributed by atoms with Gasteiger partial charge in [0.25, 0.3) is 0 Å². The summed E-state index contributed by atoms with van der Waals surface area (Å²) in [5.74, 6) is 2.30. The molecule has 2 aromatic heterocycles. The van der Waals surface area contributed by atoms with Gasteiger partial charge in [0.05, 0.1) is 11.4 Å². The van der Waals surface area contributed by atoms with Gasteiger partial charge in [-0.05, 0) is 36.6 Å². The number of fused-ring (bicyclic) bond motifs is 1. The molecule has 0 saturated carbocycles. The van der Waals surface area contributed by atoms with E-state index in [9.17, 15) is 0 Å². The highest BCUT2D eigenvalue weighted by molar-refractivity contribution is 6.36. The fourth-order valence-electron chi connectivity index (χ4n) is 4.17. The van der Waals surface area contributed by atoms with Crippen molar-refractivity contribution in [3.05, 3.63) is 98.5 Å². The minimum absolute atomic E-state index is 0.459. The Bertz CT molecular complexity index is 1250. The van der Waals surface area contributed by atoms with Crippen LogP contribution in [-0.4, -0.2) is 31.6 Å². The number of nitrogens with zero attached hydrogens (tertiary/aromatic N) is 4. The molecule has 0 unspecified atom stereocenters. The van der Waals surface area contributed by atoms with Crippen LogP contribution in [0.25, 0.3) is 0 Å². The summed E-state index contributed by atoms with van der Waals surface area (Å²) in [6.45, 7) is 4.53. The average molecular weight is 479 g/mol. The van der Waals surface area contributed by atoms with E-state index >= 15 is 0 Å². The molecule has 0 atom stereocenters. The van der Waals surface area contributed by atoms with Crippen molar-refractivity contribution in [1.82, 2.24) is 25.1 Å². The van der Waals surface area contributed by atoms with Crippen molar-refractivity contribution in [1.29, 1.82) is 0 Å². The lowest BCUT2D eigenvalue weighted by Crippen LogP contribution is -2.32. The first-order valence-electron chi connectivity index (χ1n) is 10.9. The molecule has 0 amide bonds. The quantitative estimate of drug-likeness (QED) is 0.371. The van der Waals surface area contributed by atoms with Crippen LogP contribution >= 0.6 is 23.2 Å². The second-order valence-electron chi connectivity index (χ2n) is 8.28. The Labute approximate surface area is 203 Å². The number of aromatic nitrogens is 4. The monoisotopic (exact) mass is 478 g/mol. The number of halogens is 2. The van der Waals surface area contributed by atoms with Crippen LogP contribution in [0.4, 0.5) is 11.6 Å². The van der Waals surface area contributed by atoms with E-state index in [1.165, 1.54) is 5.56 Å². The second-order valence-corrected chi connectivity index (χ2v) is 9.10. The first-order valence-corrected chi connectivity index (χ1v) is 11.7. The fourth-order valence-corrected chi connectivity index (χ4v) is 4.70. The van der Waals surface area contributed by atoms with E-state index in [4.69, 9.17) is 33.2 Å². The van der Waals surface area contributed by atoms with E-state index in [1.54, 1.807) is 0 Å². The number of anilines is 2. The summed E-state index contributed by atoms with van der Waals surface area (Å²) >= 11 is 12.9. The minimum Gasteiger partial charge on any atom is -0.325 e. The summed E-state index contributed by atoms with van der Waals surface area (Å²) in [7, 11) is 0. The second kappa shape index (κ2) is 9.51. The lowest BCUT2D eigenvalue weighted by atomic mass is 10.0. The maximum absolute atomic E-state index is 6.43. The lowest BCUT2D eigenvalue weighted by Gasteiger charge is -2.29. The van der Waals surface area contributed by atoms with E-state index in [0.29, 0.717) is 22.3 Å². The maximum atomic E-state index is 6.43. The van der Waals surface area contributed by atoms with Crippen LogP contribution in [-0.2, 0) is 25.9 Å². The van der Waals surface area contributed by atoms with Gasteiger partial charge in [-0.25, -0.2) is 9.97 Å². The van der Waals surface area contributed by atoms with Crippen LogP contribution in [0.2, 0.25) is 10.0 Å². The topological polar surface area (TPSA) is 69.7 Å². The summed E-state index contributed by atoms with van der Waals surface area (Å²) in [4.78, 5) is 12.2. The standard InChI is InChI=1S/C25H24Cl2N6/c1-16-12-24(32-31-16)30-25-18-10-11-33(14-17-6-3-2-4-7-17)15-22(18)28-23(29-25)13-19-20(26)8-5-9-21(19)27/h2-9,12H,10-11,13-15H2,1H3,(H2,28,29,30,31,32). The molecule has 8 heteroatoms. The van der Waals surface area contributed by atoms with Gasteiger partial charge in [-0.15, -0.1) is 0 Å². The normalized spacial score (nSPS) is 13.7. The van der Waals surface area contributed by atoms with Gasteiger partial charge < -0.3 is 5.32 Å². The maximum Gasteiger partial charge on any atom is 0.138 e. The van der Waals surface area contributed by atoms with Crippen molar-refractivity contribution in [2.75, 3.05) is 11.9 Å². The van der Waals surface area contributed by atoms with Crippen molar-refractivity contribution in [3.8, 4) is 0 Å². The van der Waals surface area contributed by atoms with Gasteiger partial charge in [-0.2, -0.15) is 5.10 Å². The SMILES string of the molecule is Cc1cc(Nc2nc(Cc3c(Cl)cccc3Cl)nc3c2CCN(Cc2ccccc2)C3)[nH]n1. The third-order valence-corrected chi connectivity index (χ3v) is 6.50. The number of rotatable bonds is 6. The van der Waals surface area contributed by atoms with Gasteiger partial charge in [0.15, 0.2) is 0 Å². The van der Waals surface area contributed by atoms with Crippen LogP contribution < -0.4 is 5.32 Å². The van der Waals surface area contributed by atoms with Crippen LogP contribution in [0.1, 0.15) is 33.9 Å². The molecule has 0 aliphatic carbocycles. The number of hydrogen-bond donors (Lipinski definition) is 2. The molecule has 0 spiro atoms. The molecule has 168 valence electrons. The van der Waals surface area contributed by atoms with Gasteiger partial charge in [0.2, 0.25) is 0 Å². The Morgan fingerprint density at radius 3 is 2.55 bits per heavy atom. The fraction of sp³-hybridized carbons (Fsp3) is 0.240. The summed E-state index contributed by atoms with van der Waals surface area (Å²) in [6.07, 6.45) is 1.33. The van der Waals surface area contributed by atoms with Crippen molar-refractivity contribution in [3.63, 3.8) is 0 Å². The van der Waals surface area contributed by atoms with Crippen LogP contribution in [0.15, 0.2) is 54.6 Å². The van der Waals surface area contributed by atoms with E-state index in [1.807, 2.05) is 37.3 Å². The summed E-state index contributed by atoms with van der Waals surface area (Å²) in [5, 5.41) is 11.9. The number of aromatic amines is 1. The molecular weight excluding hydrogens is 455 g/mol. The molecule has 4 aromatic rings. The molecule has 33 heavy (non-hydrogen) atoms. The van der Waals surface area contributed by atoms with Crippen LogP contribution in [0.3, 0.4) is 0 Å². The largest absolute Gasteiger partial charge is 0.325 e. The van der Waals surface area contributed by atoms with E-state index in [0.717, 1.165) is 60.2 Å². The molecule has 6 nitrogen and oxygen atoms in total. The van der Waals surface area contributed by atoms with Gasteiger partial charge in [0, 0.05) is 47.7 Å². The summed E-state index contributed by atoms with van der Waals surface area (Å²) < 4.78 is 0. The molecule has 0 radical (unpaired) electrons. The average Bonchev–Trinajstić information content (AvgIpc) is 3.21. The van der Waals surface area contributed by atoms with Crippen molar-refractivity contribution >= 4 is 34.8 Å². The highest BCUT2D eigenvalue weighted by atomic mass is 35.5. The van der Waals surface area contributed by atoms with Gasteiger partial charge in [-0.1, -0.05) is 59.6 Å². The Morgan fingerprint density at radius 2 is 1.82 bits per heavy atom. The number of H-pyrrole nitrogens is 1. The van der Waals surface area contributed by atoms with E-state index in [-0.39, 0.29) is 0 Å². The number of nitrogens with one attached hydrogen (secondary N) is 2. The first kappa shape index (κ1) is 21.9. The Balaban J connectivity index is 1.48. The minimum atomic E-state index is 0.459. The number of benzene rings is 2. The Kier molecular flexibility index (Phi) is 6.31. The highest BCUT2D eigenvalue weighted by Gasteiger charge is 2.23. The van der Waals surface area contributed by atoms with E-state index < -0.39 is 0 Å². The van der Waals surface area contributed by atoms with Gasteiger partial charge in [-0.3, -0.25) is 10.00 Å². The van der Waals surface area contributed by atoms with Crippen LogP contribution in [0.5, 0.6) is 0 Å². The van der Waals surface area contributed by atoms with Crippen molar-refractivity contribution in [2.45, 2.75) is 32.9 Å². The number of aryl methyl sites for hydroxylation is 1. The Morgan fingerprint density at radius 1 is 1.03 bits per heavy atom.